The number of nitrogens with one attached hydrogen (secondary N) is 1. The summed E-state index contributed by atoms with van der Waals surface area (Å²) in [5.41, 5.74) is 2.50. The number of rotatable bonds is 2. The van der Waals surface area contributed by atoms with Crippen LogP contribution in [-0.4, -0.2) is 32.4 Å². The molecule has 92 valence electrons. The molecule has 0 aromatic carbocycles. The highest BCUT2D eigenvalue weighted by atomic mass is 32.1. The van der Waals surface area contributed by atoms with Crippen molar-refractivity contribution in [2.75, 3.05) is 7.11 Å². The van der Waals surface area contributed by atoms with Crippen molar-refractivity contribution in [3.63, 3.8) is 0 Å². The maximum absolute atomic E-state index is 11.6. The average Bonchev–Trinajstić information content (AvgIpc) is 2.76. The van der Waals surface area contributed by atoms with E-state index in [2.05, 4.69) is 10.1 Å². The number of hydrogen-bond acceptors (Lipinski definition) is 4. The normalized spacial score (nSPS) is 12.9. The number of aryl methyl sites for hydroxylation is 2. The van der Waals surface area contributed by atoms with Crippen LogP contribution in [0.15, 0.2) is 0 Å². The summed E-state index contributed by atoms with van der Waals surface area (Å²) in [5, 5.41) is 4.29. The zero-order valence-corrected chi connectivity index (χ0v) is 11.0. The van der Waals surface area contributed by atoms with Gasteiger partial charge in [0.1, 0.15) is 11.6 Å². The van der Waals surface area contributed by atoms with Gasteiger partial charge in [-0.1, -0.05) is 0 Å². The van der Waals surface area contributed by atoms with E-state index in [1.54, 1.807) is 16.2 Å². The minimum absolute atomic E-state index is 0.333. The van der Waals surface area contributed by atoms with Gasteiger partial charge in [0.25, 0.3) is 0 Å². The molecule has 17 heavy (non-hydrogen) atoms. The molecule has 2 heterocycles. The predicted octanol–water partition coefficient (Wildman–Crippen LogP) is 1.47. The second kappa shape index (κ2) is 3.99. The lowest BCUT2D eigenvalue weighted by atomic mass is 10.3. The van der Waals surface area contributed by atoms with Crippen LogP contribution in [0.3, 0.4) is 0 Å². The van der Waals surface area contributed by atoms with Crippen molar-refractivity contribution in [3.8, 4) is 0 Å². The highest BCUT2D eigenvalue weighted by Gasteiger charge is 2.22. The summed E-state index contributed by atoms with van der Waals surface area (Å²) in [4.78, 5) is 14.7. The molecule has 0 saturated heterocycles. The SMILES string of the molecule is COC(=O)C(C)n1c(=S)[nH]c2c(C)nn(C)c21. The van der Waals surface area contributed by atoms with Crippen LogP contribution in [0.1, 0.15) is 18.7 Å². The maximum atomic E-state index is 11.6. The van der Waals surface area contributed by atoms with Crippen LogP contribution in [0, 0.1) is 11.7 Å². The Balaban J connectivity index is 2.72. The first-order valence-corrected chi connectivity index (χ1v) is 5.59. The third-order valence-electron chi connectivity index (χ3n) is 2.80. The first kappa shape index (κ1) is 11.8. The molecule has 0 saturated carbocycles. The van der Waals surface area contributed by atoms with E-state index < -0.39 is 6.04 Å². The molecule has 0 aliphatic carbocycles. The quantitative estimate of drug-likeness (QED) is 0.651. The Morgan fingerprint density at radius 3 is 2.82 bits per heavy atom. The Morgan fingerprint density at radius 1 is 1.59 bits per heavy atom. The Hall–Kier alpha value is -1.63. The van der Waals surface area contributed by atoms with Gasteiger partial charge < -0.3 is 9.72 Å². The monoisotopic (exact) mass is 254 g/mol. The fraction of sp³-hybridized carbons (Fsp3) is 0.500. The molecule has 0 radical (unpaired) electrons. The zero-order chi connectivity index (χ0) is 12.7. The number of hydrogen-bond donors (Lipinski definition) is 1. The zero-order valence-electron chi connectivity index (χ0n) is 10.1. The van der Waals surface area contributed by atoms with Gasteiger partial charge in [0, 0.05) is 7.05 Å². The topological polar surface area (TPSA) is 64.8 Å². The van der Waals surface area contributed by atoms with Gasteiger partial charge in [0.15, 0.2) is 10.4 Å². The number of ether oxygens (including phenoxy) is 1. The van der Waals surface area contributed by atoms with E-state index in [4.69, 9.17) is 17.0 Å². The number of methoxy groups -OCH3 is 1. The fourth-order valence-electron chi connectivity index (χ4n) is 1.97. The van der Waals surface area contributed by atoms with Crippen LogP contribution in [0.5, 0.6) is 0 Å². The van der Waals surface area contributed by atoms with Crippen LogP contribution >= 0.6 is 12.2 Å². The highest BCUT2D eigenvalue weighted by molar-refractivity contribution is 7.71. The molecule has 6 nitrogen and oxygen atoms in total. The molecule has 0 aliphatic heterocycles. The molecule has 2 aromatic heterocycles. The summed E-state index contributed by atoms with van der Waals surface area (Å²) in [7, 11) is 3.18. The molecular formula is C10H14N4O2S. The second-order valence-corrected chi connectivity index (χ2v) is 4.29. The van der Waals surface area contributed by atoms with Gasteiger partial charge in [-0.25, -0.2) is 4.79 Å². The summed E-state index contributed by atoms with van der Waals surface area (Å²) in [6.07, 6.45) is 0. The minimum atomic E-state index is -0.476. The predicted molar refractivity (Wildman–Crippen MR) is 65.4 cm³/mol. The standard InChI is InChI=1S/C10H14N4O2S/c1-5-7-8(13(3)12-5)14(10(17)11-7)6(2)9(15)16-4/h6H,1-4H3,(H,11,17). The van der Waals surface area contributed by atoms with Crippen molar-refractivity contribution >= 4 is 29.4 Å². The molecule has 0 bridgehead atoms. The summed E-state index contributed by atoms with van der Waals surface area (Å²) >= 11 is 5.23. The summed E-state index contributed by atoms with van der Waals surface area (Å²) in [6.45, 7) is 3.64. The number of fused-ring (bicyclic) bond motifs is 1. The first-order chi connectivity index (χ1) is 7.97. The van der Waals surface area contributed by atoms with E-state index in [1.165, 1.54) is 7.11 Å². The number of H-pyrrole nitrogens is 1. The minimum Gasteiger partial charge on any atom is -0.467 e. The number of imidazole rings is 1. The molecular weight excluding hydrogens is 240 g/mol. The van der Waals surface area contributed by atoms with Crippen LogP contribution in [0.25, 0.3) is 11.2 Å². The molecule has 1 atom stereocenters. The van der Waals surface area contributed by atoms with Gasteiger partial charge in [-0.3, -0.25) is 9.25 Å². The van der Waals surface area contributed by atoms with Crippen molar-refractivity contribution in [2.45, 2.75) is 19.9 Å². The van der Waals surface area contributed by atoms with E-state index in [9.17, 15) is 4.79 Å². The van der Waals surface area contributed by atoms with Gasteiger partial charge in [-0.2, -0.15) is 5.10 Å². The summed E-state index contributed by atoms with van der Waals surface area (Å²) in [6, 6.07) is -0.476. The van der Waals surface area contributed by atoms with Crippen molar-refractivity contribution < 1.29 is 9.53 Å². The molecule has 0 fully saturated rings. The van der Waals surface area contributed by atoms with Gasteiger partial charge in [0.05, 0.1) is 12.8 Å². The number of nitrogens with zero attached hydrogens (tertiary/aromatic N) is 3. The highest BCUT2D eigenvalue weighted by Crippen LogP contribution is 2.21. The maximum Gasteiger partial charge on any atom is 0.328 e. The van der Waals surface area contributed by atoms with Crippen molar-refractivity contribution in [3.05, 3.63) is 10.5 Å². The third-order valence-corrected chi connectivity index (χ3v) is 3.10. The molecule has 1 N–H and O–H groups in total. The Kier molecular flexibility index (Phi) is 2.78. The Labute approximate surface area is 103 Å². The number of esters is 1. The molecule has 2 aromatic rings. The van der Waals surface area contributed by atoms with Crippen molar-refractivity contribution in [2.24, 2.45) is 7.05 Å². The number of carbonyl (C=O) groups excluding carboxylic acids is 1. The van der Waals surface area contributed by atoms with Crippen LogP contribution in [0.2, 0.25) is 0 Å². The second-order valence-electron chi connectivity index (χ2n) is 3.91. The molecule has 1 unspecified atom stereocenters. The number of carbonyl (C=O) groups is 1. The summed E-state index contributed by atoms with van der Waals surface area (Å²) < 4.78 is 8.65. The van der Waals surface area contributed by atoms with Gasteiger partial charge >= 0.3 is 5.97 Å². The molecule has 7 heteroatoms. The lowest BCUT2D eigenvalue weighted by Gasteiger charge is -2.11. The van der Waals surface area contributed by atoms with E-state index in [0.717, 1.165) is 16.9 Å². The molecule has 2 rings (SSSR count). The fourth-order valence-corrected chi connectivity index (χ4v) is 2.31. The van der Waals surface area contributed by atoms with Crippen LogP contribution in [-0.2, 0) is 16.6 Å². The van der Waals surface area contributed by atoms with Crippen molar-refractivity contribution in [1.29, 1.82) is 0 Å². The van der Waals surface area contributed by atoms with Gasteiger partial charge in [-0.15, -0.1) is 0 Å². The third kappa shape index (κ3) is 1.66. The van der Waals surface area contributed by atoms with E-state index >= 15 is 0 Å². The first-order valence-electron chi connectivity index (χ1n) is 5.19. The van der Waals surface area contributed by atoms with Crippen molar-refractivity contribution in [1.82, 2.24) is 19.3 Å². The van der Waals surface area contributed by atoms with Gasteiger partial charge in [0.2, 0.25) is 0 Å². The van der Waals surface area contributed by atoms with Crippen LogP contribution in [0.4, 0.5) is 0 Å². The van der Waals surface area contributed by atoms with E-state index in [-0.39, 0.29) is 5.97 Å². The smallest absolute Gasteiger partial charge is 0.328 e. The van der Waals surface area contributed by atoms with Gasteiger partial charge in [-0.05, 0) is 26.1 Å². The van der Waals surface area contributed by atoms with Crippen LogP contribution < -0.4 is 0 Å². The average molecular weight is 254 g/mol. The molecule has 0 spiro atoms. The Bertz CT molecular complexity index is 637. The molecule has 0 amide bonds. The summed E-state index contributed by atoms with van der Waals surface area (Å²) in [5.74, 6) is -0.333. The number of aromatic nitrogens is 4. The Morgan fingerprint density at radius 2 is 2.24 bits per heavy atom. The molecule has 0 aliphatic rings. The van der Waals surface area contributed by atoms with E-state index in [1.807, 2.05) is 14.0 Å². The lowest BCUT2D eigenvalue weighted by Crippen LogP contribution is -2.19. The lowest BCUT2D eigenvalue weighted by molar-refractivity contribution is -0.143. The largest absolute Gasteiger partial charge is 0.467 e. The number of aromatic amines is 1. The van der Waals surface area contributed by atoms with E-state index in [0.29, 0.717) is 4.77 Å².